The van der Waals surface area contributed by atoms with Crippen LogP contribution in [0.1, 0.15) is 11.1 Å². The van der Waals surface area contributed by atoms with Gasteiger partial charge in [0.1, 0.15) is 11.9 Å². The van der Waals surface area contributed by atoms with Gasteiger partial charge in [-0.05, 0) is 6.07 Å². The first kappa shape index (κ1) is 16.9. The second-order valence-electron chi connectivity index (χ2n) is 5.15. The van der Waals surface area contributed by atoms with Crippen LogP contribution in [0.3, 0.4) is 0 Å². The minimum atomic E-state index is -3.64. The number of benzene rings is 1. The van der Waals surface area contributed by atoms with Crippen molar-refractivity contribution in [1.82, 2.24) is 4.90 Å². The molecule has 1 aromatic rings. The number of hydrogen-bond acceptors (Lipinski definition) is 5. The van der Waals surface area contributed by atoms with Crippen LogP contribution in [0.5, 0.6) is 0 Å². The molecule has 120 valence electrons. The van der Waals surface area contributed by atoms with Crippen LogP contribution in [0.2, 0.25) is 0 Å². The van der Waals surface area contributed by atoms with Gasteiger partial charge in [-0.2, -0.15) is 5.26 Å². The van der Waals surface area contributed by atoms with E-state index in [4.69, 9.17) is 5.26 Å². The normalized spacial score (nSPS) is 18.6. The van der Waals surface area contributed by atoms with Crippen LogP contribution in [-0.2, 0) is 26.3 Å². The topological polar surface area (TPSA) is 90.6 Å². The Bertz CT molecular complexity index is 823. The van der Waals surface area contributed by atoms with Crippen molar-refractivity contribution in [2.24, 2.45) is 3.77 Å². The van der Waals surface area contributed by atoms with Gasteiger partial charge in [0.2, 0.25) is 0 Å². The highest BCUT2D eigenvalue weighted by molar-refractivity contribution is 8.03. The maximum Gasteiger partial charge on any atom is 0.257 e. The number of rotatable bonds is 3. The van der Waals surface area contributed by atoms with E-state index < -0.39 is 25.6 Å². The monoisotopic (exact) mass is 345 g/mol. The molecule has 0 aliphatic carbocycles. The maximum absolute atomic E-state index is 14.0. The highest BCUT2D eigenvalue weighted by Gasteiger charge is 2.23. The molecule has 2 rings (SSSR count). The van der Waals surface area contributed by atoms with Crippen LogP contribution in [0.25, 0.3) is 0 Å². The molecule has 0 N–H and O–H groups in total. The summed E-state index contributed by atoms with van der Waals surface area (Å²) in [6.07, 6.45) is 0.925. The van der Waals surface area contributed by atoms with E-state index in [9.17, 15) is 17.0 Å². The second kappa shape index (κ2) is 6.32. The first-order valence-corrected chi connectivity index (χ1v) is 10.3. The Morgan fingerprint density at radius 1 is 1.41 bits per heavy atom. The number of halogens is 1. The van der Waals surface area contributed by atoms with Crippen molar-refractivity contribution < 1.29 is 17.0 Å². The second-order valence-corrected chi connectivity index (χ2v) is 9.58. The molecule has 0 atom stereocenters. The Balaban J connectivity index is 2.10. The zero-order chi connectivity index (χ0) is 16.4. The molecular formula is C13H16FN3O3S2. The highest BCUT2D eigenvalue weighted by atomic mass is 32.3. The van der Waals surface area contributed by atoms with Crippen LogP contribution in [0.15, 0.2) is 22.0 Å². The van der Waals surface area contributed by atoms with Crippen LogP contribution >= 0.6 is 0 Å². The Morgan fingerprint density at radius 3 is 2.59 bits per heavy atom. The zero-order valence-corrected chi connectivity index (χ0v) is 13.7. The minimum Gasteiger partial charge on any atom is -0.297 e. The summed E-state index contributed by atoms with van der Waals surface area (Å²) in [6, 6.07) is 6.41. The van der Waals surface area contributed by atoms with Gasteiger partial charge in [-0.3, -0.25) is 4.90 Å². The van der Waals surface area contributed by atoms with E-state index in [0.29, 0.717) is 18.7 Å². The molecule has 9 heteroatoms. The Morgan fingerprint density at radius 2 is 2.05 bits per heavy atom. The molecule has 6 nitrogen and oxygen atoms in total. The summed E-state index contributed by atoms with van der Waals surface area (Å²) < 4.78 is 52.0. The zero-order valence-electron chi connectivity index (χ0n) is 12.0. The Labute approximate surface area is 129 Å². The molecule has 0 spiro atoms. The molecule has 0 unspecified atom stereocenters. The predicted molar refractivity (Wildman–Crippen MR) is 81.5 cm³/mol. The van der Waals surface area contributed by atoms with Gasteiger partial charge >= 0.3 is 0 Å². The lowest BCUT2D eigenvalue weighted by Gasteiger charge is -2.28. The van der Waals surface area contributed by atoms with E-state index in [2.05, 4.69) is 3.77 Å². The van der Waals surface area contributed by atoms with Crippen molar-refractivity contribution in [3.63, 3.8) is 0 Å². The van der Waals surface area contributed by atoms with Crippen LogP contribution in [-0.4, -0.2) is 48.4 Å². The summed E-state index contributed by atoms with van der Waals surface area (Å²) >= 11 is 0. The summed E-state index contributed by atoms with van der Waals surface area (Å²) in [6.45, 7) is 1.03. The van der Waals surface area contributed by atoms with Crippen molar-refractivity contribution in [3.05, 3.63) is 35.1 Å². The highest BCUT2D eigenvalue weighted by Crippen LogP contribution is 2.17. The third-order valence-electron chi connectivity index (χ3n) is 3.32. The van der Waals surface area contributed by atoms with Crippen LogP contribution < -0.4 is 0 Å². The molecule has 1 heterocycles. The molecule has 1 saturated heterocycles. The van der Waals surface area contributed by atoms with E-state index >= 15 is 0 Å². The third-order valence-corrected chi connectivity index (χ3v) is 7.13. The van der Waals surface area contributed by atoms with Gasteiger partial charge in [-0.25, -0.2) is 17.0 Å². The number of nitriles is 1. The average Bonchev–Trinajstić information content (AvgIpc) is 2.41. The summed E-state index contributed by atoms with van der Waals surface area (Å²) in [4.78, 5) is 1.88. The fourth-order valence-electron chi connectivity index (χ4n) is 2.27. The molecular weight excluding hydrogens is 329 g/mol. The number of hydrogen-bond donors (Lipinski definition) is 0. The lowest BCUT2D eigenvalue weighted by molar-refractivity contribution is 0.286. The van der Waals surface area contributed by atoms with Crippen molar-refractivity contribution in [3.8, 4) is 6.07 Å². The quantitative estimate of drug-likeness (QED) is 0.813. The smallest absolute Gasteiger partial charge is 0.257 e. The maximum atomic E-state index is 14.0. The molecule has 1 aromatic carbocycles. The Kier molecular flexibility index (Phi) is 4.84. The van der Waals surface area contributed by atoms with Gasteiger partial charge in [0.05, 0.1) is 21.5 Å². The van der Waals surface area contributed by atoms with E-state index in [1.165, 1.54) is 6.07 Å². The van der Waals surface area contributed by atoms with Crippen molar-refractivity contribution >= 4 is 19.8 Å². The lowest BCUT2D eigenvalue weighted by atomic mass is 10.1. The Hall–Kier alpha value is -1.50. The lowest BCUT2D eigenvalue weighted by Crippen LogP contribution is -2.40. The standard InChI is InChI=1S/C13H16FN3O3S2/c1-21(18,19)16-22(20)7-5-17(6-8-22)10-12-4-2-3-11(9-15)13(12)14/h2-4H,5-8,10H2,1H3. The van der Waals surface area contributed by atoms with Crippen molar-refractivity contribution in [1.29, 1.82) is 5.26 Å². The molecule has 1 fully saturated rings. The van der Waals surface area contributed by atoms with Crippen LogP contribution in [0, 0.1) is 17.1 Å². The molecule has 22 heavy (non-hydrogen) atoms. The van der Waals surface area contributed by atoms with E-state index in [-0.39, 0.29) is 23.6 Å². The van der Waals surface area contributed by atoms with Crippen molar-refractivity contribution in [2.45, 2.75) is 6.54 Å². The third kappa shape index (κ3) is 4.25. The average molecular weight is 345 g/mol. The van der Waals surface area contributed by atoms with Gasteiger partial charge in [0.15, 0.2) is 0 Å². The SMILES string of the molecule is CS(=O)(=O)N=S1(=O)CCN(Cc2cccc(C#N)c2F)CC1. The fraction of sp³-hybridized carbons (Fsp3) is 0.462. The molecule has 0 bridgehead atoms. The molecule has 0 aromatic heterocycles. The van der Waals surface area contributed by atoms with E-state index in [0.717, 1.165) is 6.26 Å². The first-order chi connectivity index (χ1) is 10.2. The van der Waals surface area contributed by atoms with Gasteiger partial charge in [-0.1, -0.05) is 12.1 Å². The van der Waals surface area contributed by atoms with E-state index in [1.807, 2.05) is 4.90 Å². The van der Waals surface area contributed by atoms with E-state index in [1.54, 1.807) is 18.2 Å². The largest absolute Gasteiger partial charge is 0.297 e. The molecule has 0 radical (unpaired) electrons. The molecule has 1 aliphatic rings. The minimum absolute atomic E-state index is 0.00891. The summed E-state index contributed by atoms with van der Waals surface area (Å²) in [5, 5.41) is 8.81. The molecule has 0 saturated carbocycles. The van der Waals surface area contributed by atoms with Gasteiger partial charge in [0, 0.05) is 36.7 Å². The first-order valence-electron chi connectivity index (χ1n) is 6.56. The van der Waals surface area contributed by atoms with Gasteiger partial charge < -0.3 is 0 Å². The summed E-state index contributed by atoms with van der Waals surface area (Å²) in [5.74, 6) is -0.267. The molecule has 0 amide bonds. The number of nitrogens with zero attached hydrogens (tertiary/aromatic N) is 3. The number of sulfonamides is 1. The van der Waals surface area contributed by atoms with Gasteiger partial charge in [0.25, 0.3) is 10.0 Å². The summed E-state index contributed by atoms with van der Waals surface area (Å²) in [5.41, 5.74) is 0.387. The van der Waals surface area contributed by atoms with Crippen molar-refractivity contribution in [2.75, 3.05) is 30.9 Å². The van der Waals surface area contributed by atoms with Crippen LogP contribution in [0.4, 0.5) is 4.39 Å². The fourth-order valence-corrected chi connectivity index (χ4v) is 6.13. The summed E-state index contributed by atoms with van der Waals surface area (Å²) in [7, 11) is -6.39. The van der Waals surface area contributed by atoms with Gasteiger partial charge in [-0.15, -0.1) is 3.77 Å². The molecule has 1 aliphatic heterocycles. The predicted octanol–water partition coefficient (Wildman–Crippen LogP) is 0.941.